The van der Waals surface area contributed by atoms with Crippen molar-refractivity contribution in [3.63, 3.8) is 0 Å². The first-order chi connectivity index (χ1) is 13.2. The van der Waals surface area contributed by atoms with Gasteiger partial charge in [0, 0.05) is 58.7 Å². The molecule has 2 heterocycles. The van der Waals surface area contributed by atoms with Crippen LogP contribution >= 0.6 is 24.0 Å². The molecule has 0 radical (unpaired) electrons. The van der Waals surface area contributed by atoms with E-state index in [0.717, 1.165) is 51.6 Å². The maximum Gasteiger partial charge on any atom is 0.194 e. The lowest BCUT2D eigenvalue weighted by Gasteiger charge is -2.28. The highest BCUT2D eigenvalue weighted by Gasteiger charge is 2.15. The van der Waals surface area contributed by atoms with E-state index in [1.54, 1.807) is 0 Å². The molecule has 0 aliphatic carbocycles. The predicted molar refractivity (Wildman–Crippen MR) is 128 cm³/mol. The van der Waals surface area contributed by atoms with Gasteiger partial charge in [-0.25, -0.2) is 0 Å². The van der Waals surface area contributed by atoms with Crippen LogP contribution in [0.4, 0.5) is 0 Å². The van der Waals surface area contributed by atoms with E-state index in [4.69, 9.17) is 4.99 Å². The molecule has 2 aromatic rings. The molecule has 5 nitrogen and oxygen atoms in total. The summed E-state index contributed by atoms with van der Waals surface area (Å²) in [4.78, 5) is 9.61. The fourth-order valence-electron chi connectivity index (χ4n) is 3.67. The predicted octanol–water partition coefficient (Wildman–Crippen LogP) is 3.49. The van der Waals surface area contributed by atoms with Gasteiger partial charge < -0.3 is 14.8 Å². The van der Waals surface area contributed by atoms with Crippen LogP contribution in [0.3, 0.4) is 0 Å². The molecule has 1 aromatic carbocycles. The van der Waals surface area contributed by atoms with Crippen molar-refractivity contribution in [2.45, 2.75) is 32.9 Å². The standard InChI is InChI=1S/C22H33N5.HI/c1-4-23-22(26(3)18-21-11-7-14-25(21)2)24-13-8-15-27-16-12-19-9-5-6-10-20(19)17-27;/h5-7,9-11,14H,4,8,12-13,15-18H2,1-3H3,(H,23,24);1H. The molecule has 1 aliphatic heterocycles. The van der Waals surface area contributed by atoms with Gasteiger partial charge in [-0.05, 0) is 43.0 Å². The number of hydrogen-bond acceptors (Lipinski definition) is 2. The van der Waals surface area contributed by atoms with Crippen molar-refractivity contribution in [1.29, 1.82) is 0 Å². The number of nitrogens with one attached hydrogen (secondary N) is 1. The molecule has 0 bridgehead atoms. The minimum absolute atomic E-state index is 0. The molecule has 0 saturated heterocycles. The number of fused-ring (bicyclic) bond motifs is 1. The van der Waals surface area contributed by atoms with Crippen LogP contribution in [0.2, 0.25) is 0 Å². The van der Waals surface area contributed by atoms with Crippen molar-refractivity contribution in [3.05, 3.63) is 59.4 Å². The van der Waals surface area contributed by atoms with Crippen molar-refractivity contribution in [3.8, 4) is 0 Å². The smallest absolute Gasteiger partial charge is 0.194 e. The molecule has 28 heavy (non-hydrogen) atoms. The van der Waals surface area contributed by atoms with E-state index >= 15 is 0 Å². The Labute approximate surface area is 186 Å². The molecule has 1 aromatic heterocycles. The number of rotatable bonds is 7. The summed E-state index contributed by atoms with van der Waals surface area (Å²) in [6.07, 6.45) is 4.35. The first-order valence-corrected chi connectivity index (χ1v) is 10.1. The molecule has 0 fully saturated rings. The Kier molecular flexibility index (Phi) is 9.31. The lowest BCUT2D eigenvalue weighted by molar-refractivity contribution is 0.252. The second-order valence-electron chi connectivity index (χ2n) is 7.35. The molecule has 0 spiro atoms. The van der Waals surface area contributed by atoms with Crippen molar-refractivity contribution in [2.24, 2.45) is 12.0 Å². The highest BCUT2D eigenvalue weighted by molar-refractivity contribution is 14.0. The number of nitrogens with zero attached hydrogens (tertiary/aromatic N) is 4. The molecule has 1 N–H and O–H groups in total. The van der Waals surface area contributed by atoms with Gasteiger partial charge >= 0.3 is 0 Å². The van der Waals surface area contributed by atoms with E-state index in [-0.39, 0.29) is 24.0 Å². The SMILES string of the molecule is CCNC(=NCCCN1CCc2ccccc2C1)N(C)Cc1cccn1C.I. The van der Waals surface area contributed by atoms with Crippen molar-refractivity contribution in [1.82, 2.24) is 19.7 Å². The van der Waals surface area contributed by atoms with Gasteiger partial charge in [0.25, 0.3) is 0 Å². The second-order valence-corrected chi connectivity index (χ2v) is 7.35. The van der Waals surface area contributed by atoms with Crippen LogP contribution in [0.25, 0.3) is 0 Å². The Morgan fingerprint density at radius 3 is 2.68 bits per heavy atom. The van der Waals surface area contributed by atoms with Gasteiger partial charge in [0.15, 0.2) is 5.96 Å². The van der Waals surface area contributed by atoms with Gasteiger partial charge in [-0.2, -0.15) is 0 Å². The monoisotopic (exact) mass is 495 g/mol. The van der Waals surface area contributed by atoms with Crippen molar-refractivity contribution >= 4 is 29.9 Å². The third-order valence-corrected chi connectivity index (χ3v) is 5.25. The number of guanidine groups is 1. The molecule has 0 atom stereocenters. The molecule has 0 saturated carbocycles. The van der Waals surface area contributed by atoms with Gasteiger partial charge in [0.2, 0.25) is 0 Å². The normalized spacial score (nSPS) is 14.3. The average molecular weight is 495 g/mol. The van der Waals surface area contributed by atoms with Gasteiger partial charge in [-0.3, -0.25) is 9.89 Å². The van der Waals surface area contributed by atoms with Gasteiger partial charge in [0.05, 0.1) is 6.54 Å². The van der Waals surface area contributed by atoms with Crippen LogP contribution in [0.5, 0.6) is 0 Å². The van der Waals surface area contributed by atoms with E-state index in [9.17, 15) is 0 Å². The first kappa shape index (κ1) is 22.7. The van der Waals surface area contributed by atoms with Crippen LogP contribution in [-0.4, -0.2) is 53.6 Å². The zero-order chi connectivity index (χ0) is 19.1. The molecule has 154 valence electrons. The van der Waals surface area contributed by atoms with Gasteiger partial charge in [-0.15, -0.1) is 24.0 Å². The van der Waals surface area contributed by atoms with Crippen LogP contribution in [0.1, 0.15) is 30.2 Å². The number of benzene rings is 1. The van der Waals surface area contributed by atoms with E-state index in [1.165, 1.54) is 23.2 Å². The topological polar surface area (TPSA) is 35.8 Å². The van der Waals surface area contributed by atoms with E-state index in [0.29, 0.717) is 0 Å². The quantitative estimate of drug-likeness (QED) is 0.277. The minimum atomic E-state index is 0. The highest BCUT2D eigenvalue weighted by Crippen LogP contribution is 2.18. The Balaban J connectivity index is 0.00000280. The Bertz CT molecular complexity index is 755. The minimum Gasteiger partial charge on any atom is -0.357 e. The lowest BCUT2D eigenvalue weighted by atomic mass is 10.00. The van der Waals surface area contributed by atoms with Crippen LogP contribution in [0.15, 0.2) is 47.6 Å². The summed E-state index contributed by atoms with van der Waals surface area (Å²) in [6.45, 7) is 8.08. The van der Waals surface area contributed by atoms with E-state index in [2.05, 4.69) is 83.3 Å². The zero-order valence-electron chi connectivity index (χ0n) is 17.4. The summed E-state index contributed by atoms with van der Waals surface area (Å²) in [5.74, 6) is 0.989. The fraction of sp³-hybridized carbons (Fsp3) is 0.500. The number of hydrogen-bond donors (Lipinski definition) is 1. The molecule has 0 amide bonds. The van der Waals surface area contributed by atoms with Crippen LogP contribution in [0, 0.1) is 0 Å². The summed E-state index contributed by atoms with van der Waals surface area (Å²) < 4.78 is 2.16. The fourth-order valence-corrected chi connectivity index (χ4v) is 3.67. The molecule has 3 rings (SSSR count). The first-order valence-electron chi connectivity index (χ1n) is 10.1. The van der Waals surface area contributed by atoms with E-state index < -0.39 is 0 Å². The summed E-state index contributed by atoms with van der Waals surface area (Å²) in [5.41, 5.74) is 4.29. The van der Waals surface area contributed by atoms with Gasteiger partial charge in [-0.1, -0.05) is 24.3 Å². The molecular weight excluding hydrogens is 461 g/mol. The van der Waals surface area contributed by atoms with E-state index in [1.807, 2.05) is 0 Å². The second kappa shape index (κ2) is 11.5. The summed E-state index contributed by atoms with van der Waals surface area (Å²) >= 11 is 0. The van der Waals surface area contributed by atoms with Crippen molar-refractivity contribution in [2.75, 3.05) is 33.2 Å². The average Bonchev–Trinajstić information content (AvgIpc) is 3.08. The zero-order valence-corrected chi connectivity index (χ0v) is 19.7. The summed E-state index contributed by atoms with van der Waals surface area (Å²) in [7, 11) is 4.19. The lowest BCUT2D eigenvalue weighted by Crippen LogP contribution is -2.39. The molecule has 1 aliphatic rings. The third-order valence-electron chi connectivity index (χ3n) is 5.25. The Hall–Kier alpha value is -1.54. The van der Waals surface area contributed by atoms with Crippen molar-refractivity contribution < 1.29 is 0 Å². The highest BCUT2D eigenvalue weighted by atomic mass is 127. The summed E-state index contributed by atoms with van der Waals surface area (Å²) in [6, 6.07) is 13.1. The van der Waals surface area contributed by atoms with Gasteiger partial charge in [0.1, 0.15) is 0 Å². The molecule has 6 heteroatoms. The number of aromatic nitrogens is 1. The van der Waals surface area contributed by atoms with Crippen LogP contribution in [-0.2, 0) is 26.6 Å². The largest absolute Gasteiger partial charge is 0.357 e. The number of halogens is 1. The maximum atomic E-state index is 4.85. The maximum absolute atomic E-state index is 4.85. The molecule has 0 unspecified atom stereocenters. The Morgan fingerprint density at radius 2 is 1.96 bits per heavy atom. The Morgan fingerprint density at radius 1 is 1.18 bits per heavy atom. The van der Waals surface area contributed by atoms with Crippen LogP contribution < -0.4 is 5.32 Å². The third kappa shape index (κ3) is 6.24. The number of aliphatic imine (C=N–C) groups is 1. The number of aryl methyl sites for hydroxylation is 1. The molecular formula is C22H34IN5. The summed E-state index contributed by atoms with van der Waals surface area (Å²) in [5, 5.41) is 3.42.